The van der Waals surface area contributed by atoms with Gasteiger partial charge in [0.15, 0.2) is 0 Å². The first-order chi connectivity index (χ1) is 9.15. The maximum Gasteiger partial charge on any atom is 0.252 e. The molecule has 0 radical (unpaired) electrons. The minimum absolute atomic E-state index is 0.118. The molecule has 0 saturated carbocycles. The van der Waals surface area contributed by atoms with Crippen LogP contribution < -0.4 is 11.1 Å². The van der Waals surface area contributed by atoms with Gasteiger partial charge in [0.2, 0.25) is 0 Å². The molecule has 0 unspecified atom stereocenters. The Morgan fingerprint density at radius 3 is 2.84 bits per heavy atom. The highest BCUT2D eigenvalue weighted by Gasteiger charge is 2.09. The van der Waals surface area contributed by atoms with Crippen molar-refractivity contribution in [3.05, 3.63) is 28.2 Å². The molecule has 0 fully saturated rings. The molecule has 3 N–H and O–H groups in total. The van der Waals surface area contributed by atoms with Crippen LogP contribution in [-0.4, -0.2) is 25.7 Å². The molecule has 106 valence electrons. The summed E-state index contributed by atoms with van der Waals surface area (Å²) in [6.07, 6.45) is 3.04. The summed E-state index contributed by atoms with van der Waals surface area (Å²) < 4.78 is 6.17. The Morgan fingerprint density at radius 2 is 2.11 bits per heavy atom. The third kappa shape index (κ3) is 6.07. The van der Waals surface area contributed by atoms with Crippen LogP contribution in [0.2, 0.25) is 0 Å². The van der Waals surface area contributed by atoms with Crippen LogP contribution in [0, 0.1) is 0 Å². The summed E-state index contributed by atoms with van der Waals surface area (Å²) in [5.41, 5.74) is 6.81. The lowest BCUT2D eigenvalue weighted by molar-refractivity contribution is 0.0939. The number of anilines is 1. The fourth-order valence-electron chi connectivity index (χ4n) is 1.54. The minimum atomic E-state index is -0.118. The number of rotatable bonds is 8. The smallest absolute Gasteiger partial charge is 0.252 e. The highest BCUT2D eigenvalue weighted by atomic mass is 79.9. The van der Waals surface area contributed by atoms with Crippen molar-refractivity contribution in [3.63, 3.8) is 0 Å². The van der Waals surface area contributed by atoms with Crippen LogP contribution >= 0.6 is 15.9 Å². The van der Waals surface area contributed by atoms with E-state index in [1.54, 1.807) is 18.2 Å². The Labute approximate surface area is 122 Å². The van der Waals surface area contributed by atoms with Gasteiger partial charge in [-0.15, -0.1) is 0 Å². The molecule has 0 heterocycles. The highest BCUT2D eigenvalue weighted by Crippen LogP contribution is 2.19. The van der Waals surface area contributed by atoms with Crippen LogP contribution in [0.4, 0.5) is 5.69 Å². The maximum atomic E-state index is 11.9. The second kappa shape index (κ2) is 8.93. The Balaban J connectivity index is 2.26. The second-order valence-electron chi connectivity index (χ2n) is 4.31. The lowest BCUT2D eigenvalue weighted by atomic mass is 10.2. The van der Waals surface area contributed by atoms with Crippen LogP contribution in [0.25, 0.3) is 0 Å². The van der Waals surface area contributed by atoms with Gasteiger partial charge in [0.1, 0.15) is 0 Å². The normalized spacial score (nSPS) is 10.4. The number of carbonyl (C=O) groups is 1. The highest BCUT2D eigenvalue weighted by molar-refractivity contribution is 9.10. The molecular weight excluding hydrogens is 308 g/mol. The average Bonchev–Trinajstić information content (AvgIpc) is 2.40. The lowest BCUT2D eigenvalue weighted by Gasteiger charge is -2.08. The van der Waals surface area contributed by atoms with Crippen molar-refractivity contribution in [1.82, 2.24) is 5.32 Å². The molecule has 5 heteroatoms. The summed E-state index contributed by atoms with van der Waals surface area (Å²) >= 11 is 3.34. The average molecular weight is 329 g/mol. The standard InChI is InChI=1S/C14H21BrN2O2/c1-2-3-8-19-9-4-7-17-14(18)12-10-11(16)5-6-13(12)15/h5-6,10H,2-4,7-9,16H2,1H3,(H,17,18). The first-order valence-corrected chi connectivity index (χ1v) is 7.35. The number of benzene rings is 1. The molecule has 0 bridgehead atoms. The number of carbonyl (C=O) groups excluding carboxylic acids is 1. The van der Waals surface area contributed by atoms with Crippen LogP contribution in [-0.2, 0) is 4.74 Å². The van der Waals surface area contributed by atoms with E-state index in [4.69, 9.17) is 10.5 Å². The molecule has 0 aliphatic heterocycles. The summed E-state index contributed by atoms with van der Waals surface area (Å²) in [6, 6.07) is 5.19. The van der Waals surface area contributed by atoms with Gasteiger partial charge in [0, 0.05) is 29.9 Å². The molecule has 1 amide bonds. The quantitative estimate of drug-likeness (QED) is 0.569. The summed E-state index contributed by atoms with van der Waals surface area (Å²) in [7, 11) is 0. The predicted octanol–water partition coefficient (Wildman–Crippen LogP) is 2.97. The molecule has 19 heavy (non-hydrogen) atoms. The van der Waals surface area contributed by atoms with Crippen molar-refractivity contribution in [2.45, 2.75) is 26.2 Å². The number of nitrogens with one attached hydrogen (secondary N) is 1. The first-order valence-electron chi connectivity index (χ1n) is 6.56. The fourth-order valence-corrected chi connectivity index (χ4v) is 1.96. The van der Waals surface area contributed by atoms with E-state index in [2.05, 4.69) is 28.2 Å². The Hall–Kier alpha value is -1.07. The monoisotopic (exact) mass is 328 g/mol. The van der Waals surface area contributed by atoms with E-state index >= 15 is 0 Å². The summed E-state index contributed by atoms with van der Waals surface area (Å²) in [6.45, 7) is 4.21. The van der Waals surface area contributed by atoms with E-state index in [0.29, 0.717) is 24.4 Å². The second-order valence-corrected chi connectivity index (χ2v) is 5.17. The molecule has 0 aliphatic rings. The zero-order valence-electron chi connectivity index (χ0n) is 11.2. The molecule has 0 aromatic heterocycles. The zero-order chi connectivity index (χ0) is 14.1. The summed E-state index contributed by atoms with van der Waals surface area (Å²) in [5, 5.41) is 2.85. The third-order valence-electron chi connectivity index (χ3n) is 2.63. The van der Waals surface area contributed by atoms with Gasteiger partial charge in [-0.3, -0.25) is 4.79 Å². The van der Waals surface area contributed by atoms with Gasteiger partial charge in [0.25, 0.3) is 5.91 Å². The molecule has 4 nitrogen and oxygen atoms in total. The van der Waals surface area contributed by atoms with Crippen molar-refractivity contribution >= 4 is 27.5 Å². The summed E-state index contributed by atoms with van der Waals surface area (Å²) in [5.74, 6) is -0.118. The topological polar surface area (TPSA) is 64.3 Å². The van der Waals surface area contributed by atoms with Gasteiger partial charge in [-0.25, -0.2) is 0 Å². The van der Waals surface area contributed by atoms with Crippen LogP contribution in [0.3, 0.4) is 0 Å². The molecular formula is C14H21BrN2O2. The number of nitrogens with two attached hydrogens (primary N) is 1. The van der Waals surface area contributed by atoms with Crippen LogP contribution in [0.15, 0.2) is 22.7 Å². The molecule has 1 aromatic carbocycles. The van der Waals surface area contributed by atoms with Crippen molar-refractivity contribution in [2.24, 2.45) is 0 Å². The van der Waals surface area contributed by atoms with Gasteiger partial charge in [-0.05, 0) is 47.0 Å². The molecule has 0 aliphatic carbocycles. The number of hydrogen-bond acceptors (Lipinski definition) is 3. The van der Waals surface area contributed by atoms with Crippen molar-refractivity contribution < 1.29 is 9.53 Å². The fraction of sp³-hybridized carbons (Fsp3) is 0.500. The van der Waals surface area contributed by atoms with Gasteiger partial charge >= 0.3 is 0 Å². The molecule has 0 saturated heterocycles. The van der Waals surface area contributed by atoms with Gasteiger partial charge in [-0.2, -0.15) is 0 Å². The van der Waals surface area contributed by atoms with E-state index in [1.165, 1.54) is 0 Å². The van der Waals surface area contributed by atoms with Crippen molar-refractivity contribution in [3.8, 4) is 0 Å². The molecule has 0 atom stereocenters. The lowest BCUT2D eigenvalue weighted by Crippen LogP contribution is -2.25. The largest absolute Gasteiger partial charge is 0.399 e. The van der Waals surface area contributed by atoms with Crippen LogP contribution in [0.1, 0.15) is 36.5 Å². The van der Waals surface area contributed by atoms with E-state index < -0.39 is 0 Å². The number of unbranched alkanes of at least 4 members (excludes halogenated alkanes) is 1. The van der Waals surface area contributed by atoms with Crippen molar-refractivity contribution in [1.29, 1.82) is 0 Å². The molecule has 1 aromatic rings. The van der Waals surface area contributed by atoms with E-state index in [0.717, 1.165) is 30.3 Å². The Morgan fingerprint density at radius 1 is 1.37 bits per heavy atom. The zero-order valence-corrected chi connectivity index (χ0v) is 12.8. The maximum absolute atomic E-state index is 11.9. The number of amides is 1. The summed E-state index contributed by atoms with van der Waals surface area (Å²) in [4.78, 5) is 11.9. The minimum Gasteiger partial charge on any atom is -0.399 e. The number of halogens is 1. The van der Waals surface area contributed by atoms with Crippen molar-refractivity contribution in [2.75, 3.05) is 25.5 Å². The molecule has 1 rings (SSSR count). The van der Waals surface area contributed by atoms with Crippen LogP contribution in [0.5, 0.6) is 0 Å². The molecule has 0 spiro atoms. The van der Waals surface area contributed by atoms with E-state index in [1.807, 2.05) is 0 Å². The first kappa shape index (κ1) is 16.0. The van der Waals surface area contributed by atoms with Gasteiger partial charge in [0.05, 0.1) is 5.56 Å². The Bertz CT molecular complexity index is 410. The van der Waals surface area contributed by atoms with E-state index in [9.17, 15) is 4.79 Å². The van der Waals surface area contributed by atoms with E-state index in [-0.39, 0.29) is 5.91 Å². The Kier molecular flexibility index (Phi) is 7.52. The predicted molar refractivity (Wildman–Crippen MR) is 81.2 cm³/mol. The SMILES string of the molecule is CCCCOCCCNC(=O)c1cc(N)ccc1Br. The third-order valence-corrected chi connectivity index (χ3v) is 3.32. The number of hydrogen-bond donors (Lipinski definition) is 2. The number of nitrogen functional groups attached to an aromatic ring is 1. The van der Waals surface area contributed by atoms with Gasteiger partial charge < -0.3 is 15.8 Å². The number of ether oxygens (including phenoxy) is 1. The van der Waals surface area contributed by atoms with Gasteiger partial charge in [-0.1, -0.05) is 13.3 Å².